The minimum absolute atomic E-state index is 0.208. The SMILES string of the molecule is CS(=O)(=O)N1CCC[C@H](Nc2cc[nH]c2)C1. The van der Waals surface area contributed by atoms with Gasteiger partial charge in [0.25, 0.3) is 0 Å². The van der Waals surface area contributed by atoms with Crippen LogP contribution in [0.5, 0.6) is 0 Å². The zero-order chi connectivity index (χ0) is 11.6. The van der Waals surface area contributed by atoms with E-state index in [4.69, 9.17) is 0 Å². The average molecular weight is 243 g/mol. The van der Waals surface area contributed by atoms with E-state index in [2.05, 4.69) is 10.3 Å². The van der Waals surface area contributed by atoms with Gasteiger partial charge in [0, 0.05) is 31.5 Å². The van der Waals surface area contributed by atoms with Crippen LogP contribution in [0.25, 0.3) is 0 Å². The summed E-state index contributed by atoms with van der Waals surface area (Å²) < 4.78 is 24.4. The van der Waals surface area contributed by atoms with E-state index in [-0.39, 0.29) is 6.04 Å². The molecule has 0 aromatic carbocycles. The molecule has 1 aromatic heterocycles. The Balaban J connectivity index is 1.97. The molecule has 16 heavy (non-hydrogen) atoms. The standard InChI is InChI=1S/C10H17N3O2S/c1-16(14,15)13-6-2-3-10(8-13)12-9-4-5-11-7-9/h4-5,7,10-12H,2-3,6,8H2,1H3/t10-/m0/s1. The van der Waals surface area contributed by atoms with Crippen molar-refractivity contribution in [1.29, 1.82) is 0 Å². The Labute approximate surface area is 95.9 Å². The van der Waals surface area contributed by atoms with Crippen molar-refractivity contribution in [3.05, 3.63) is 18.5 Å². The third-order valence-corrected chi connectivity index (χ3v) is 4.09. The van der Waals surface area contributed by atoms with Crippen LogP contribution in [0.1, 0.15) is 12.8 Å². The summed E-state index contributed by atoms with van der Waals surface area (Å²) in [6, 6.07) is 2.15. The predicted molar refractivity (Wildman–Crippen MR) is 63.9 cm³/mol. The fourth-order valence-electron chi connectivity index (χ4n) is 2.01. The summed E-state index contributed by atoms with van der Waals surface area (Å²) in [5.41, 5.74) is 1.01. The summed E-state index contributed by atoms with van der Waals surface area (Å²) >= 11 is 0. The van der Waals surface area contributed by atoms with Gasteiger partial charge in [-0.25, -0.2) is 12.7 Å². The smallest absolute Gasteiger partial charge is 0.211 e. The van der Waals surface area contributed by atoms with Gasteiger partial charge in [-0.05, 0) is 18.9 Å². The number of anilines is 1. The van der Waals surface area contributed by atoms with Crippen molar-refractivity contribution < 1.29 is 8.42 Å². The Morgan fingerprint density at radius 2 is 2.38 bits per heavy atom. The molecule has 1 fully saturated rings. The van der Waals surface area contributed by atoms with E-state index < -0.39 is 10.0 Å². The highest BCUT2D eigenvalue weighted by Gasteiger charge is 2.25. The largest absolute Gasteiger partial charge is 0.380 e. The average Bonchev–Trinajstić information content (AvgIpc) is 2.70. The van der Waals surface area contributed by atoms with E-state index in [0.29, 0.717) is 13.1 Å². The van der Waals surface area contributed by atoms with E-state index in [1.165, 1.54) is 6.26 Å². The monoisotopic (exact) mass is 243 g/mol. The Morgan fingerprint density at radius 1 is 1.56 bits per heavy atom. The van der Waals surface area contributed by atoms with Crippen molar-refractivity contribution in [2.24, 2.45) is 0 Å². The van der Waals surface area contributed by atoms with Gasteiger partial charge in [-0.2, -0.15) is 0 Å². The van der Waals surface area contributed by atoms with Crippen LogP contribution < -0.4 is 5.32 Å². The second-order valence-electron chi connectivity index (χ2n) is 4.20. The maximum Gasteiger partial charge on any atom is 0.211 e. The molecule has 5 nitrogen and oxygen atoms in total. The second-order valence-corrected chi connectivity index (χ2v) is 6.19. The zero-order valence-corrected chi connectivity index (χ0v) is 10.1. The molecule has 1 aliphatic heterocycles. The summed E-state index contributed by atoms with van der Waals surface area (Å²) in [5.74, 6) is 0. The quantitative estimate of drug-likeness (QED) is 0.827. The first-order valence-electron chi connectivity index (χ1n) is 5.40. The number of H-pyrrole nitrogens is 1. The summed E-state index contributed by atoms with van der Waals surface area (Å²) in [5, 5.41) is 3.33. The van der Waals surface area contributed by atoms with Gasteiger partial charge in [0.2, 0.25) is 10.0 Å². The highest BCUT2D eigenvalue weighted by Crippen LogP contribution is 2.17. The van der Waals surface area contributed by atoms with Gasteiger partial charge < -0.3 is 10.3 Å². The van der Waals surface area contributed by atoms with Gasteiger partial charge in [-0.1, -0.05) is 0 Å². The van der Waals surface area contributed by atoms with Gasteiger partial charge in [-0.15, -0.1) is 0 Å². The summed E-state index contributed by atoms with van der Waals surface area (Å²) in [6.45, 7) is 1.20. The molecule has 1 atom stereocenters. The van der Waals surface area contributed by atoms with Crippen molar-refractivity contribution >= 4 is 15.7 Å². The summed E-state index contributed by atoms with van der Waals surface area (Å²) in [7, 11) is -3.05. The van der Waals surface area contributed by atoms with Crippen LogP contribution in [-0.2, 0) is 10.0 Å². The molecule has 0 radical (unpaired) electrons. The first-order valence-corrected chi connectivity index (χ1v) is 7.25. The molecule has 6 heteroatoms. The van der Waals surface area contributed by atoms with Gasteiger partial charge in [0.1, 0.15) is 0 Å². The topological polar surface area (TPSA) is 65.2 Å². The van der Waals surface area contributed by atoms with Crippen molar-refractivity contribution in [1.82, 2.24) is 9.29 Å². The Kier molecular flexibility index (Phi) is 3.20. The van der Waals surface area contributed by atoms with E-state index in [1.54, 1.807) is 4.31 Å². The molecule has 0 spiro atoms. The highest BCUT2D eigenvalue weighted by atomic mass is 32.2. The Bertz CT molecular complexity index is 427. The number of hydrogen-bond donors (Lipinski definition) is 2. The first-order chi connectivity index (χ1) is 7.55. The van der Waals surface area contributed by atoms with Gasteiger partial charge >= 0.3 is 0 Å². The molecular formula is C10H17N3O2S. The highest BCUT2D eigenvalue weighted by molar-refractivity contribution is 7.88. The maximum absolute atomic E-state index is 11.4. The number of rotatable bonds is 3. The van der Waals surface area contributed by atoms with Gasteiger partial charge in [-0.3, -0.25) is 0 Å². The molecule has 2 heterocycles. The van der Waals surface area contributed by atoms with Crippen LogP contribution >= 0.6 is 0 Å². The van der Waals surface area contributed by atoms with Crippen LogP contribution in [0, 0.1) is 0 Å². The fraction of sp³-hybridized carbons (Fsp3) is 0.600. The molecule has 1 aliphatic rings. The van der Waals surface area contributed by atoms with Crippen molar-refractivity contribution in [3.8, 4) is 0 Å². The minimum Gasteiger partial charge on any atom is -0.380 e. The minimum atomic E-state index is -3.05. The lowest BCUT2D eigenvalue weighted by Gasteiger charge is -2.31. The van der Waals surface area contributed by atoms with Crippen LogP contribution in [0.2, 0.25) is 0 Å². The molecule has 0 bridgehead atoms. The van der Waals surface area contributed by atoms with E-state index >= 15 is 0 Å². The van der Waals surface area contributed by atoms with Crippen molar-refractivity contribution in [3.63, 3.8) is 0 Å². The predicted octanol–water partition coefficient (Wildman–Crippen LogP) is 0.851. The third kappa shape index (κ3) is 2.76. The van der Waals surface area contributed by atoms with Crippen molar-refractivity contribution in [2.45, 2.75) is 18.9 Å². The molecule has 90 valence electrons. The molecular weight excluding hydrogens is 226 g/mol. The molecule has 0 amide bonds. The van der Waals surface area contributed by atoms with Crippen LogP contribution in [-0.4, -0.2) is 43.1 Å². The number of nitrogens with zero attached hydrogens (tertiary/aromatic N) is 1. The Morgan fingerprint density at radius 3 is 3.00 bits per heavy atom. The van der Waals surface area contributed by atoms with Crippen LogP contribution in [0.4, 0.5) is 5.69 Å². The fourth-order valence-corrected chi connectivity index (χ4v) is 2.92. The van der Waals surface area contributed by atoms with Crippen molar-refractivity contribution in [2.75, 3.05) is 24.7 Å². The second kappa shape index (κ2) is 4.47. The number of aromatic nitrogens is 1. The lowest BCUT2D eigenvalue weighted by molar-refractivity contribution is 0.329. The summed E-state index contributed by atoms with van der Waals surface area (Å²) in [4.78, 5) is 2.97. The molecule has 2 rings (SSSR count). The van der Waals surface area contributed by atoms with E-state index in [9.17, 15) is 8.42 Å². The van der Waals surface area contributed by atoms with E-state index in [0.717, 1.165) is 18.5 Å². The van der Waals surface area contributed by atoms with Gasteiger partial charge in [0.05, 0.1) is 11.9 Å². The summed E-state index contributed by atoms with van der Waals surface area (Å²) in [6.07, 6.45) is 6.91. The van der Waals surface area contributed by atoms with Gasteiger partial charge in [0.15, 0.2) is 0 Å². The zero-order valence-electron chi connectivity index (χ0n) is 9.31. The molecule has 1 saturated heterocycles. The number of aromatic amines is 1. The molecule has 0 unspecified atom stereocenters. The molecule has 2 N–H and O–H groups in total. The molecule has 1 aromatic rings. The van der Waals surface area contributed by atoms with Crippen LogP contribution in [0.3, 0.4) is 0 Å². The lowest BCUT2D eigenvalue weighted by atomic mass is 10.1. The Hall–Kier alpha value is -1.01. The number of nitrogens with one attached hydrogen (secondary N) is 2. The molecule has 0 aliphatic carbocycles. The first kappa shape index (κ1) is 11.5. The lowest BCUT2D eigenvalue weighted by Crippen LogP contribution is -2.44. The number of sulfonamides is 1. The normalized spacial score (nSPS) is 23.2. The van der Waals surface area contributed by atoms with E-state index in [1.807, 2.05) is 18.5 Å². The third-order valence-electron chi connectivity index (χ3n) is 2.82. The number of hydrogen-bond acceptors (Lipinski definition) is 3. The maximum atomic E-state index is 11.4. The molecule has 0 saturated carbocycles. The number of piperidine rings is 1. The van der Waals surface area contributed by atoms with Crippen LogP contribution in [0.15, 0.2) is 18.5 Å².